The SMILES string of the molecule is COC(=O)C(C)(C)C(CC(C)(C)C)O[Si](C)(C)C. The van der Waals surface area contributed by atoms with Crippen LogP contribution in [0.15, 0.2) is 0 Å². The van der Waals surface area contributed by atoms with Crippen LogP contribution in [-0.4, -0.2) is 27.5 Å². The van der Waals surface area contributed by atoms with Crippen LogP contribution in [0.3, 0.4) is 0 Å². The van der Waals surface area contributed by atoms with Gasteiger partial charge in [0.05, 0.1) is 18.6 Å². The van der Waals surface area contributed by atoms with E-state index in [-0.39, 0.29) is 17.5 Å². The van der Waals surface area contributed by atoms with Gasteiger partial charge in [-0.2, -0.15) is 0 Å². The first kappa shape index (κ1) is 17.6. The molecular weight excluding hydrogens is 244 g/mol. The molecule has 0 saturated heterocycles. The number of ether oxygens (including phenoxy) is 1. The highest BCUT2D eigenvalue weighted by molar-refractivity contribution is 6.69. The molecule has 0 aromatic heterocycles. The third-order valence-electron chi connectivity index (χ3n) is 2.81. The summed E-state index contributed by atoms with van der Waals surface area (Å²) in [7, 11) is -0.259. The van der Waals surface area contributed by atoms with Crippen LogP contribution >= 0.6 is 0 Å². The van der Waals surface area contributed by atoms with Crippen molar-refractivity contribution >= 4 is 14.3 Å². The van der Waals surface area contributed by atoms with E-state index in [9.17, 15) is 4.79 Å². The standard InChI is InChI=1S/C14H30O3Si/c1-13(2,3)10-11(17-18(7,8)9)14(4,5)12(15)16-6/h11H,10H2,1-9H3. The van der Waals surface area contributed by atoms with Gasteiger partial charge >= 0.3 is 5.97 Å². The first-order valence-electron chi connectivity index (χ1n) is 6.56. The Morgan fingerprint density at radius 2 is 1.56 bits per heavy atom. The third-order valence-corrected chi connectivity index (χ3v) is 3.80. The van der Waals surface area contributed by atoms with Crippen molar-refractivity contribution in [3.05, 3.63) is 0 Å². The lowest BCUT2D eigenvalue weighted by molar-refractivity contribution is -0.157. The van der Waals surface area contributed by atoms with E-state index < -0.39 is 13.7 Å². The van der Waals surface area contributed by atoms with E-state index in [2.05, 4.69) is 40.4 Å². The molecule has 1 unspecified atom stereocenters. The average molecular weight is 274 g/mol. The molecule has 0 aromatic carbocycles. The Morgan fingerprint density at radius 3 is 1.83 bits per heavy atom. The van der Waals surface area contributed by atoms with Crippen LogP contribution in [-0.2, 0) is 14.0 Å². The average Bonchev–Trinajstić information content (AvgIpc) is 2.10. The maximum absolute atomic E-state index is 12.0. The number of rotatable bonds is 5. The topological polar surface area (TPSA) is 35.5 Å². The normalized spacial score (nSPS) is 15.4. The molecule has 0 saturated carbocycles. The molecule has 108 valence electrons. The number of carbonyl (C=O) groups is 1. The van der Waals surface area contributed by atoms with Crippen molar-refractivity contribution in [2.24, 2.45) is 10.8 Å². The second-order valence-electron chi connectivity index (χ2n) is 7.70. The zero-order valence-corrected chi connectivity index (χ0v) is 14.5. The predicted octanol–water partition coefficient (Wildman–Crippen LogP) is 3.84. The molecule has 0 aliphatic carbocycles. The summed E-state index contributed by atoms with van der Waals surface area (Å²) in [6, 6.07) is 0. The summed E-state index contributed by atoms with van der Waals surface area (Å²) in [4.78, 5) is 12.0. The molecule has 0 radical (unpaired) electrons. The molecule has 0 aliphatic rings. The minimum Gasteiger partial charge on any atom is -0.469 e. The fraction of sp³-hybridized carbons (Fsp3) is 0.929. The van der Waals surface area contributed by atoms with Crippen LogP contribution in [0.1, 0.15) is 41.0 Å². The van der Waals surface area contributed by atoms with E-state index in [1.165, 1.54) is 7.11 Å². The summed E-state index contributed by atoms with van der Waals surface area (Å²) in [5.41, 5.74) is -0.488. The maximum atomic E-state index is 12.0. The molecule has 0 amide bonds. The van der Waals surface area contributed by atoms with Gasteiger partial charge < -0.3 is 9.16 Å². The van der Waals surface area contributed by atoms with E-state index in [4.69, 9.17) is 9.16 Å². The molecule has 18 heavy (non-hydrogen) atoms. The summed E-state index contributed by atoms with van der Waals surface area (Å²) in [6.07, 6.45) is 0.746. The fourth-order valence-corrected chi connectivity index (χ4v) is 3.05. The fourth-order valence-electron chi connectivity index (χ4n) is 1.82. The van der Waals surface area contributed by atoms with Gasteiger partial charge in [0.25, 0.3) is 0 Å². The molecule has 0 aromatic rings. The van der Waals surface area contributed by atoms with Gasteiger partial charge in [0.1, 0.15) is 0 Å². The Balaban J connectivity index is 5.14. The molecule has 0 heterocycles. The van der Waals surface area contributed by atoms with Crippen molar-refractivity contribution in [2.45, 2.75) is 66.8 Å². The van der Waals surface area contributed by atoms with Crippen LogP contribution in [0.25, 0.3) is 0 Å². The second-order valence-corrected chi connectivity index (χ2v) is 12.2. The summed E-state index contributed by atoms with van der Waals surface area (Å²) in [5.74, 6) is -0.199. The second kappa shape index (κ2) is 5.74. The molecule has 0 aliphatic heterocycles. The van der Waals surface area contributed by atoms with Crippen molar-refractivity contribution in [1.82, 2.24) is 0 Å². The van der Waals surface area contributed by atoms with Crippen LogP contribution in [0.5, 0.6) is 0 Å². The lowest BCUT2D eigenvalue weighted by atomic mass is 9.77. The Morgan fingerprint density at radius 1 is 1.11 bits per heavy atom. The van der Waals surface area contributed by atoms with Crippen molar-refractivity contribution in [3.8, 4) is 0 Å². The molecule has 4 heteroatoms. The first-order valence-corrected chi connectivity index (χ1v) is 9.97. The van der Waals surface area contributed by atoms with E-state index in [1.807, 2.05) is 13.8 Å². The van der Waals surface area contributed by atoms with Crippen LogP contribution in [0.2, 0.25) is 19.6 Å². The largest absolute Gasteiger partial charge is 0.469 e. The maximum Gasteiger partial charge on any atom is 0.313 e. The van der Waals surface area contributed by atoms with Gasteiger partial charge in [-0.3, -0.25) is 4.79 Å². The van der Waals surface area contributed by atoms with Gasteiger partial charge in [0.15, 0.2) is 8.32 Å². The zero-order valence-electron chi connectivity index (χ0n) is 13.5. The molecule has 0 fully saturated rings. The molecule has 3 nitrogen and oxygen atoms in total. The van der Waals surface area contributed by atoms with E-state index in [1.54, 1.807) is 0 Å². The number of hydrogen-bond donors (Lipinski definition) is 0. The third kappa shape index (κ3) is 6.00. The van der Waals surface area contributed by atoms with Crippen molar-refractivity contribution in [1.29, 1.82) is 0 Å². The predicted molar refractivity (Wildman–Crippen MR) is 78.1 cm³/mol. The summed E-state index contributed by atoms with van der Waals surface area (Å²) in [6.45, 7) is 16.8. The van der Waals surface area contributed by atoms with Gasteiger partial charge in [-0.1, -0.05) is 20.8 Å². The van der Waals surface area contributed by atoms with Gasteiger partial charge in [-0.25, -0.2) is 0 Å². The van der Waals surface area contributed by atoms with Gasteiger partial charge in [-0.05, 0) is 45.3 Å². The van der Waals surface area contributed by atoms with Crippen LogP contribution < -0.4 is 0 Å². The van der Waals surface area contributed by atoms with Crippen molar-refractivity contribution in [3.63, 3.8) is 0 Å². The molecule has 1 atom stereocenters. The van der Waals surface area contributed by atoms with Crippen molar-refractivity contribution < 1.29 is 14.0 Å². The number of esters is 1. The zero-order chi connectivity index (χ0) is 14.8. The molecule has 0 N–H and O–H groups in total. The Bertz CT molecular complexity index is 268. The summed E-state index contributed by atoms with van der Waals surface area (Å²) in [5, 5.41) is 0. The van der Waals surface area contributed by atoms with Crippen molar-refractivity contribution in [2.75, 3.05) is 7.11 Å². The smallest absolute Gasteiger partial charge is 0.313 e. The Labute approximate surface area is 113 Å². The van der Waals surface area contributed by atoms with Crippen LogP contribution in [0, 0.1) is 10.8 Å². The van der Waals surface area contributed by atoms with Crippen LogP contribution in [0.4, 0.5) is 0 Å². The highest BCUT2D eigenvalue weighted by atomic mass is 28.4. The number of methoxy groups -OCH3 is 1. The van der Waals surface area contributed by atoms with Gasteiger partial charge in [0, 0.05) is 0 Å². The lowest BCUT2D eigenvalue weighted by Crippen LogP contribution is -2.46. The van der Waals surface area contributed by atoms with E-state index in [0.717, 1.165) is 6.42 Å². The monoisotopic (exact) mass is 274 g/mol. The molecule has 0 rings (SSSR count). The van der Waals surface area contributed by atoms with Gasteiger partial charge in [-0.15, -0.1) is 0 Å². The van der Waals surface area contributed by atoms with Gasteiger partial charge in [0.2, 0.25) is 0 Å². The highest BCUT2D eigenvalue weighted by Gasteiger charge is 2.42. The van der Waals surface area contributed by atoms with E-state index in [0.29, 0.717) is 0 Å². The quantitative estimate of drug-likeness (QED) is 0.564. The lowest BCUT2D eigenvalue weighted by Gasteiger charge is -2.39. The first-order chi connectivity index (χ1) is 7.79. The Hall–Kier alpha value is -0.353. The summed E-state index contributed by atoms with van der Waals surface area (Å²) < 4.78 is 11.2. The van der Waals surface area contributed by atoms with E-state index >= 15 is 0 Å². The number of hydrogen-bond acceptors (Lipinski definition) is 3. The number of carbonyl (C=O) groups excluding carboxylic acids is 1. The highest BCUT2D eigenvalue weighted by Crippen LogP contribution is 2.35. The Kier molecular flexibility index (Phi) is 5.63. The summed E-state index contributed by atoms with van der Waals surface area (Å²) >= 11 is 0. The molecule has 0 spiro atoms. The molecule has 0 bridgehead atoms. The minimum atomic E-state index is -1.70. The minimum absolute atomic E-state index is 0.100. The molecular formula is C14H30O3Si.